The van der Waals surface area contributed by atoms with Gasteiger partial charge in [-0.2, -0.15) is 0 Å². The van der Waals surface area contributed by atoms with Gasteiger partial charge in [0.25, 0.3) is 0 Å². The minimum atomic E-state index is -0.190. The molecule has 1 unspecified atom stereocenters. The molecule has 0 saturated carbocycles. The summed E-state index contributed by atoms with van der Waals surface area (Å²) < 4.78 is 12.8. The molecule has 1 atom stereocenters. The van der Waals surface area contributed by atoms with Gasteiger partial charge in [-0.1, -0.05) is 23.9 Å². The van der Waals surface area contributed by atoms with Crippen LogP contribution in [0.4, 0.5) is 4.39 Å². The summed E-state index contributed by atoms with van der Waals surface area (Å²) in [6, 6.07) is 6.64. The minimum absolute atomic E-state index is 0.190. The molecular formula is C12H15FN2S. The molecule has 0 aliphatic carbocycles. The molecule has 1 aromatic carbocycles. The van der Waals surface area contributed by atoms with E-state index >= 15 is 0 Å². The maximum Gasteiger partial charge on any atom is 0.134 e. The van der Waals surface area contributed by atoms with Gasteiger partial charge in [0, 0.05) is 18.2 Å². The van der Waals surface area contributed by atoms with E-state index in [-0.39, 0.29) is 5.82 Å². The van der Waals surface area contributed by atoms with Crippen LogP contribution >= 0.6 is 11.8 Å². The summed E-state index contributed by atoms with van der Waals surface area (Å²) in [5.74, 6) is -0.190. The predicted octanol–water partition coefficient (Wildman–Crippen LogP) is 2.65. The SMILES string of the molecule is CN(C)C1SC(c2ccc(F)cc2)=CN1C. The molecule has 2 nitrogen and oxygen atoms in total. The highest BCUT2D eigenvalue weighted by atomic mass is 32.2. The second-order valence-corrected chi connectivity index (χ2v) is 5.17. The molecule has 0 N–H and O–H groups in total. The maximum atomic E-state index is 12.8. The summed E-state index contributed by atoms with van der Waals surface area (Å²) in [5, 5.41) is 0. The molecule has 0 radical (unpaired) electrons. The Balaban J connectivity index is 2.18. The Labute approximate surface area is 99.7 Å². The van der Waals surface area contributed by atoms with E-state index in [1.165, 1.54) is 17.0 Å². The molecule has 2 rings (SSSR count). The van der Waals surface area contributed by atoms with Crippen molar-refractivity contribution in [3.05, 3.63) is 41.8 Å². The Hall–Kier alpha value is -1.00. The Morgan fingerprint density at radius 1 is 1.25 bits per heavy atom. The van der Waals surface area contributed by atoms with Gasteiger partial charge in [-0.3, -0.25) is 4.90 Å². The van der Waals surface area contributed by atoms with Crippen molar-refractivity contribution >= 4 is 16.7 Å². The van der Waals surface area contributed by atoms with Gasteiger partial charge in [0.15, 0.2) is 0 Å². The van der Waals surface area contributed by atoms with E-state index in [1.54, 1.807) is 11.8 Å². The van der Waals surface area contributed by atoms with Crippen LogP contribution in [0.3, 0.4) is 0 Å². The molecule has 0 bridgehead atoms. The van der Waals surface area contributed by atoms with E-state index in [9.17, 15) is 4.39 Å². The van der Waals surface area contributed by atoms with E-state index in [0.717, 1.165) is 5.56 Å². The third kappa shape index (κ3) is 2.23. The van der Waals surface area contributed by atoms with Crippen molar-refractivity contribution in [2.75, 3.05) is 21.1 Å². The van der Waals surface area contributed by atoms with Crippen LogP contribution in [0.2, 0.25) is 0 Å². The third-order valence-corrected chi connectivity index (χ3v) is 4.03. The average Bonchev–Trinajstić information content (AvgIpc) is 2.61. The van der Waals surface area contributed by atoms with Gasteiger partial charge in [-0.25, -0.2) is 4.39 Å². The van der Waals surface area contributed by atoms with Gasteiger partial charge < -0.3 is 4.90 Å². The molecule has 1 aliphatic rings. The lowest BCUT2D eigenvalue weighted by Gasteiger charge is -2.26. The van der Waals surface area contributed by atoms with Crippen LogP contribution in [0.25, 0.3) is 4.91 Å². The molecular weight excluding hydrogens is 223 g/mol. The Morgan fingerprint density at radius 2 is 1.88 bits per heavy atom. The van der Waals surface area contributed by atoms with Gasteiger partial charge in [0.05, 0.1) is 0 Å². The van der Waals surface area contributed by atoms with Crippen molar-refractivity contribution in [1.29, 1.82) is 0 Å². The fraction of sp³-hybridized carbons (Fsp3) is 0.333. The molecule has 0 amide bonds. The molecule has 16 heavy (non-hydrogen) atoms. The number of hydrogen-bond donors (Lipinski definition) is 0. The fourth-order valence-electron chi connectivity index (χ4n) is 1.70. The summed E-state index contributed by atoms with van der Waals surface area (Å²) >= 11 is 1.78. The van der Waals surface area contributed by atoms with Gasteiger partial charge in [0.1, 0.15) is 11.3 Å². The smallest absolute Gasteiger partial charge is 0.134 e. The fourth-order valence-corrected chi connectivity index (χ4v) is 2.87. The van der Waals surface area contributed by atoms with Crippen molar-refractivity contribution in [1.82, 2.24) is 9.80 Å². The molecule has 4 heteroatoms. The summed E-state index contributed by atoms with van der Waals surface area (Å²) in [6.07, 6.45) is 2.10. The molecule has 0 saturated heterocycles. The molecule has 1 aromatic rings. The van der Waals surface area contributed by atoms with Crippen molar-refractivity contribution in [2.24, 2.45) is 0 Å². The van der Waals surface area contributed by atoms with E-state index in [0.29, 0.717) is 5.50 Å². The molecule has 1 aliphatic heterocycles. The molecule has 86 valence electrons. The van der Waals surface area contributed by atoms with Gasteiger partial charge >= 0.3 is 0 Å². The highest BCUT2D eigenvalue weighted by Crippen LogP contribution is 2.39. The monoisotopic (exact) mass is 238 g/mol. The number of nitrogens with zero attached hydrogens (tertiary/aromatic N) is 2. The number of rotatable bonds is 2. The normalized spacial score (nSPS) is 20.4. The van der Waals surface area contributed by atoms with Crippen molar-refractivity contribution in [3.63, 3.8) is 0 Å². The van der Waals surface area contributed by atoms with Crippen LogP contribution in [0.5, 0.6) is 0 Å². The first-order chi connectivity index (χ1) is 7.58. The maximum absolute atomic E-state index is 12.8. The largest absolute Gasteiger partial charge is 0.355 e. The lowest BCUT2D eigenvalue weighted by molar-refractivity contribution is 0.239. The van der Waals surface area contributed by atoms with Crippen molar-refractivity contribution in [2.45, 2.75) is 5.50 Å². The Bertz CT molecular complexity index is 400. The zero-order chi connectivity index (χ0) is 11.7. The summed E-state index contributed by atoms with van der Waals surface area (Å²) in [6.45, 7) is 0. The summed E-state index contributed by atoms with van der Waals surface area (Å²) in [4.78, 5) is 5.49. The first kappa shape index (κ1) is 11.5. The predicted molar refractivity (Wildman–Crippen MR) is 67.2 cm³/mol. The summed E-state index contributed by atoms with van der Waals surface area (Å²) in [7, 11) is 6.15. The van der Waals surface area contributed by atoms with E-state index in [1.807, 2.05) is 19.2 Å². The third-order valence-electron chi connectivity index (χ3n) is 2.47. The van der Waals surface area contributed by atoms with Crippen LogP contribution in [0.1, 0.15) is 5.56 Å². The van der Waals surface area contributed by atoms with Crippen LogP contribution in [0, 0.1) is 5.82 Å². The number of hydrogen-bond acceptors (Lipinski definition) is 3. The van der Waals surface area contributed by atoms with E-state index in [2.05, 4.69) is 30.1 Å². The standard InChI is InChI=1S/C12H15FN2S/c1-14(2)12-15(3)8-11(16-12)9-4-6-10(13)7-5-9/h4-8,12H,1-3H3. The lowest BCUT2D eigenvalue weighted by atomic mass is 10.2. The average molecular weight is 238 g/mol. The highest BCUT2D eigenvalue weighted by Gasteiger charge is 2.24. The van der Waals surface area contributed by atoms with Crippen molar-refractivity contribution in [3.8, 4) is 0 Å². The highest BCUT2D eigenvalue weighted by molar-refractivity contribution is 8.09. The van der Waals surface area contributed by atoms with Crippen LogP contribution in [-0.4, -0.2) is 36.4 Å². The molecule has 0 spiro atoms. The van der Waals surface area contributed by atoms with Crippen LogP contribution in [-0.2, 0) is 0 Å². The number of benzene rings is 1. The van der Waals surface area contributed by atoms with E-state index < -0.39 is 0 Å². The van der Waals surface area contributed by atoms with Gasteiger partial charge in [0.2, 0.25) is 0 Å². The van der Waals surface area contributed by atoms with Gasteiger partial charge in [-0.05, 0) is 31.8 Å². The van der Waals surface area contributed by atoms with Crippen LogP contribution in [0.15, 0.2) is 30.5 Å². The number of thioether (sulfide) groups is 1. The second-order valence-electron chi connectivity index (χ2n) is 4.07. The molecule has 0 aromatic heterocycles. The minimum Gasteiger partial charge on any atom is -0.355 e. The van der Waals surface area contributed by atoms with Crippen molar-refractivity contribution < 1.29 is 4.39 Å². The number of halogens is 1. The topological polar surface area (TPSA) is 6.48 Å². The van der Waals surface area contributed by atoms with Gasteiger partial charge in [-0.15, -0.1) is 0 Å². The quantitative estimate of drug-likeness (QED) is 0.782. The second kappa shape index (κ2) is 4.47. The Morgan fingerprint density at radius 3 is 2.38 bits per heavy atom. The van der Waals surface area contributed by atoms with Crippen LogP contribution < -0.4 is 0 Å². The Kier molecular flexibility index (Phi) is 3.21. The first-order valence-electron chi connectivity index (χ1n) is 5.11. The summed E-state index contributed by atoms with van der Waals surface area (Å²) in [5.41, 5.74) is 1.39. The zero-order valence-electron chi connectivity index (χ0n) is 9.64. The molecule has 1 heterocycles. The lowest BCUT2D eigenvalue weighted by Crippen LogP contribution is -2.34. The molecule has 0 fully saturated rings. The first-order valence-corrected chi connectivity index (χ1v) is 5.98. The van der Waals surface area contributed by atoms with E-state index in [4.69, 9.17) is 0 Å². The zero-order valence-corrected chi connectivity index (χ0v) is 10.5.